The van der Waals surface area contributed by atoms with E-state index in [1.54, 1.807) is 19.3 Å². The van der Waals surface area contributed by atoms with E-state index in [9.17, 15) is 19.2 Å². The van der Waals surface area contributed by atoms with Crippen molar-refractivity contribution in [3.63, 3.8) is 0 Å². The minimum absolute atomic E-state index is 0.0512. The Kier molecular flexibility index (Phi) is 15.1. The molecule has 2 N–H and O–H groups in total. The minimum atomic E-state index is -4.76. The van der Waals surface area contributed by atoms with Gasteiger partial charge in [-0.05, 0) is 53.4 Å². The molecule has 3 aliphatic rings. The van der Waals surface area contributed by atoms with E-state index >= 15 is 4.57 Å². The highest BCUT2D eigenvalue weighted by atomic mass is 31.2. The van der Waals surface area contributed by atoms with Crippen LogP contribution >= 0.6 is 7.82 Å². The van der Waals surface area contributed by atoms with E-state index in [-0.39, 0.29) is 11.5 Å². The number of fused-ring (bicyclic) bond motifs is 1. The highest BCUT2D eigenvalue weighted by Crippen LogP contribution is 2.57. The highest BCUT2D eigenvalue weighted by Gasteiger charge is 2.61. The van der Waals surface area contributed by atoms with Crippen molar-refractivity contribution in [2.75, 3.05) is 35.0 Å². The Labute approximate surface area is 411 Å². The fourth-order valence-corrected chi connectivity index (χ4v) is 11.7. The van der Waals surface area contributed by atoms with Gasteiger partial charge in [0.05, 0.1) is 13.7 Å². The van der Waals surface area contributed by atoms with E-state index in [4.69, 9.17) is 46.4 Å². The van der Waals surface area contributed by atoms with E-state index in [1.165, 1.54) is 43.3 Å². The third-order valence-corrected chi connectivity index (χ3v) is 19.8. The molecule has 3 aromatic carbocycles. The molecule has 2 saturated heterocycles. The number of aromatic nitrogens is 4. The maximum Gasteiger partial charge on any atom is 0.475 e. The van der Waals surface area contributed by atoms with Crippen LogP contribution in [0.3, 0.4) is 0 Å². The third kappa shape index (κ3) is 10.1. The number of nitrogens with one attached hydrogen (secondary N) is 2. The molecule has 0 bridgehead atoms. The summed E-state index contributed by atoms with van der Waals surface area (Å²) in [5, 5.41) is -0.346. The molecule has 5 aromatic rings. The van der Waals surface area contributed by atoms with Crippen LogP contribution in [0.4, 0.5) is 0 Å². The first-order valence-electron chi connectivity index (χ1n) is 23.1. The highest BCUT2D eigenvalue weighted by molar-refractivity contribution is 7.48. The normalized spacial score (nSPS) is 28.8. The summed E-state index contributed by atoms with van der Waals surface area (Å²) in [6.07, 6.45) is -3.49. The van der Waals surface area contributed by atoms with E-state index in [0.717, 1.165) is 11.7 Å². The number of phosphoric ester groups is 1. The summed E-state index contributed by atoms with van der Waals surface area (Å²) in [6.45, 7) is 9.82. The van der Waals surface area contributed by atoms with Gasteiger partial charge in [-0.3, -0.25) is 42.3 Å². The Morgan fingerprint density at radius 3 is 1.77 bits per heavy atom. The largest absolute Gasteiger partial charge is 0.497 e. The molecule has 0 radical (unpaired) electrons. The fourth-order valence-electron chi connectivity index (χ4n) is 9.23. The van der Waals surface area contributed by atoms with Crippen molar-refractivity contribution in [3.05, 3.63) is 180 Å². The lowest BCUT2D eigenvalue weighted by Crippen LogP contribution is -2.55. The number of ether oxygens (including phenoxy) is 6. The molecule has 2 unspecified atom stereocenters. The van der Waals surface area contributed by atoms with Crippen molar-refractivity contribution in [2.45, 2.75) is 106 Å². The molecule has 71 heavy (non-hydrogen) atoms. The Hall–Kier alpha value is -5.35. The first-order chi connectivity index (χ1) is 33.8. The van der Waals surface area contributed by atoms with E-state index in [2.05, 4.69) is 43.8 Å². The maximum absolute atomic E-state index is 15.3. The first kappa shape index (κ1) is 52.0. The first-order valence-corrected chi connectivity index (χ1v) is 27.5. The van der Waals surface area contributed by atoms with E-state index in [1.807, 2.05) is 84.9 Å². The number of benzene rings is 3. The number of rotatable bonds is 13. The van der Waals surface area contributed by atoms with Gasteiger partial charge in [-0.2, -0.15) is 0 Å². The summed E-state index contributed by atoms with van der Waals surface area (Å²) in [5.74, 6) is 0.603. The summed E-state index contributed by atoms with van der Waals surface area (Å²) < 4.78 is 83.0. The summed E-state index contributed by atoms with van der Waals surface area (Å²) in [4.78, 5) is 56.3. The number of H-pyrrole nitrogens is 2. The average Bonchev–Trinajstić information content (AvgIpc) is 3.85. The predicted molar refractivity (Wildman–Crippen MR) is 263 cm³/mol. The van der Waals surface area contributed by atoms with Gasteiger partial charge < -0.3 is 32.8 Å². The lowest BCUT2D eigenvalue weighted by Gasteiger charge is -2.43. The lowest BCUT2D eigenvalue weighted by molar-refractivity contribution is -0.129. The van der Waals surface area contributed by atoms with Crippen LogP contribution in [-0.4, -0.2) is 105 Å². The van der Waals surface area contributed by atoms with Gasteiger partial charge >= 0.3 is 19.2 Å². The molecule has 21 heteroatoms. The van der Waals surface area contributed by atoms with Crippen LogP contribution < -0.4 is 27.2 Å². The SMILES string of the molecule is COc1ccc(C(OC2/C=C\C[C@]3(COP(=O)(OC)O[C@H]4[C@@H](OC)[C@H](n5ccc(=O)[nH]c5=O)O[C@H]24)O[C@@H](n2ccc(=O)[nH]c2=O)[C@H](OC)[C@@H]3O[Si](C)(C)C(C)(C)C)(c2ccccc2)c2ccccc2)cc1. The molecule has 2 fully saturated rings. The fraction of sp³-hybridized carbons (Fsp3) is 0.440. The van der Waals surface area contributed by atoms with E-state index in [0.29, 0.717) is 22.4 Å². The van der Waals surface area contributed by atoms with Gasteiger partial charge in [0.2, 0.25) is 0 Å². The molecule has 8 rings (SSSR count). The van der Waals surface area contributed by atoms with Gasteiger partial charge in [0.1, 0.15) is 53.6 Å². The van der Waals surface area contributed by atoms with Gasteiger partial charge in [0.25, 0.3) is 11.1 Å². The Balaban J connectivity index is 1.37. The average molecular weight is 1020 g/mol. The lowest BCUT2D eigenvalue weighted by atomic mass is 9.79. The van der Waals surface area contributed by atoms with Gasteiger partial charge in [-0.1, -0.05) is 106 Å². The monoisotopic (exact) mass is 1020 g/mol. The van der Waals surface area contributed by atoms with Crippen molar-refractivity contribution in [3.8, 4) is 5.75 Å². The maximum atomic E-state index is 15.3. The molecule has 10 atom stereocenters. The van der Waals surface area contributed by atoms with Gasteiger partial charge in [0.15, 0.2) is 20.8 Å². The Bertz CT molecular complexity index is 2920. The van der Waals surface area contributed by atoms with Crippen LogP contribution in [0.5, 0.6) is 5.75 Å². The van der Waals surface area contributed by atoms with Crippen LogP contribution in [0.25, 0.3) is 0 Å². The van der Waals surface area contributed by atoms with Crippen molar-refractivity contribution < 1.29 is 51.0 Å². The summed E-state index contributed by atoms with van der Waals surface area (Å²) in [7, 11) is -1.95. The third-order valence-electron chi connectivity index (χ3n) is 13.9. The molecular weight excluding hydrogens is 956 g/mol. The predicted octanol–water partition coefficient (Wildman–Crippen LogP) is 6.17. The number of methoxy groups -OCH3 is 3. The molecule has 380 valence electrons. The second-order valence-electron chi connectivity index (χ2n) is 19.1. The number of nitrogens with zero attached hydrogens (tertiary/aromatic N) is 2. The Morgan fingerprint density at radius 2 is 1.27 bits per heavy atom. The van der Waals surface area contributed by atoms with Crippen molar-refractivity contribution in [2.24, 2.45) is 0 Å². The zero-order valence-corrected chi connectivity index (χ0v) is 42.9. The van der Waals surface area contributed by atoms with Crippen molar-refractivity contribution >= 4 is 16.1 Å². The smallest absolute Gasteiger partial charge is 0.475 e. The van der Waals surface area contributed by atoms with Crippen LogP contribution in [0.1, 0.15) is 56.3 Å². The van der Waals surface area contributed by atoms with Crippen molar-refractivity contribution in [1.29, 1.82) is 0 Å². The molecule has 3 aliphatic heterocycles. The molecule has 0 aliphatic carbocycles. The Morgan fingerprint density at radius 1 is 0.718 bits per heavy atom. The standard InChI is InChI=1S/C50H61N4O15PSi/c1-48(2,3)71(8,9)69-43-42(62-6)45(54-30-27-38(56)52-47(54)58)67-49(43)28-16-21-36(39-40(68-70(59,63-7)64-31-49)41(61-5)44(65-39)53-29-26-37(55)51-46(53)57)66-50(32-17-12-10-13-18-32,33-19-14-11-15-20-33)34-22-24-35(60-4)25-23-34/h10-27,29-30,36,39-45H,28,31H2,1-9H3,(H,51,55,57)(H,52,56,58)/b21-16-/t36?,39-,40-,41-,42-,43+,44-,45-,49-,70?/m1/s1. The zero-order valence-electron chi connectivity index (χ0n) is 41.0. The molecule has 2 aromatic heterocycles. The van der Waals surface area contributed by atoms with Crippen LogP contribution in [-0.2, 0) is 51.8 Å². The summed E-state index contributed by atoms with van der Waals surface area (Å²) >= 11 is 0. The van der Waals surface area contributed by atoms with Crippen molar-refractivity contribution in [1.82, 2.24) is 19.1 Å². The van der Waals surface area contributed by atoms with Crippen LogP contribution in [0.2, 0.25) is 18.1 Å². The van der Waals surface area contributed by atoms with E-state index < -0.39 is 106 Å². The molecule has 0 saturated carbocycles. The second kappa shape index (κ2) is 20.6. The number of aromatic amines is 2. The molecular formula is C50H61N4O15PSi. The number of hydrogen-bond donors (Lipinski definition) is 2. The van der Waals surface area contributed by atoms with Gasteiger partial charge in [0, 0.05) is 45.9 Å². The number of phosphoric acid groups is 1. The topological polar surface area (TPSA) is 219 Å². The van der Waals surface area contributed by atoms with Crippen LogP contribution in [0, 0.1) is 0 Å². The molecule has 1 spiro atoms. The minimum Gasteiger partial charge on any atom is -0.497 e. The van der Waals surface area contributed by atoms with Crippen LogP contribution in [0.15, 0.2) is 141 Å². The molecule has 19 nitrogen and oxygen atoms in total. The zero-order chi connectivity index (χ0) is 50.9. The second-order valence-corrected chi connectivity index (χ2v) is 25.6. The summed E-state index contributed by atoms with van der Waals surface area (Å²) in [6, 6.07) is 29.0. The summed E-state index contributed by atoms with van der Waals surface area (Å²) in [5.41, 5.74) is -3.75. The quantitative estimate of drug-likeness (QED) is 0.0583. The number of hydrogen-bond acceptors (Lipinski definition) is 15. The molecule has 0 amide bonds. The van der Waals surface area contributed by atoms with Gasteiger partial charge in [-0.15, -0.1) is 0 Å². The van der Waals surface area contributed by atoms with Gasteiger partial charge in [-0.25, -0.2) is 14.2 Å². The molecule has 5 heterocycles.